The van der Waals surface area contributed by atoms with Crippen LogP contribution in [0.15, 0.2) is 9.95 Å². The highest BCUT2D eigenvalue weighted by molar-refractivity contribution is 7.99. The molecule has 1 aromatic heterocycles. The van der Waals surface area contributed by atoms with Crippen LogP contribution >= 0.6 is 11.8 Å². The Labute approximate surface area is 106 Å². The van der Waals surface area contributed by atoms with E-state index in [1.165, 1.54) is 11.8 Å². The highest BCUT2D eigenvalue weighted by Gasteiger charge is 2.24. The Morgan fingerprint density at radius 1 is 1.47 bits per heavy atom. The van der Waals surface area contributed by atoms with E-state index in [2.05, 4.69) is 10.2 Å². The van der Waals surface area contributed by atoms with Gasteiger partial charge in [-0.25, -0.2) is 9.89 Å². The predicted molar refractivity (Wildman–Crippen MR) is 69.5 cm³/mol. The Hall–Kier alpha value is -0.750. The van der Waals surface area contributed by atoms with Crippen LogP contribution in [0.1, 0.15) is 46.6 Å². The van der Waals surface area contributed by atoms with Crippen LogP contribution in [0.2, 0.25) is 0 Å². The molecule has 0 amide bonds. The van der Waals surface area contributed by atoms with Crippen molar-refractivity contribution in [1.29, 1.82) is 0 Å². The summed E-state index contributed by atoms with van der Waals surface area (Å²) in [4.78, 5) is 11.5. The molecule has 0 aromatic carbocycles. The highest BCUT2D eigenvalue weighted by Crippen LogP contribution is 2.25. The summed E-state index contributed by atoms with van der Waals surface area (Å²) in [6.07, 6.45) is 1.40. The molecule has 0 bridgehead atoms. The maximum atomic E-state index is 11.5. The predicted octanol–water partition coefficient (Wildman–Crippen LogP) is 1.80. The van der Waals surface area contributed by atoms with E-state index in [9.17, 15) is 9.90 Å². The van der Waals surface area contributed by atoms with E-state index in [4.69, 9.17) is 0 Å². The van der Waals surface area contributed by atoms with Crippen LogP contribution < -0.4 is 5.69 Å². The number of hydrogen-bond acceptors (Lipinski definition) is 4. The number of nitrogens with zero attached hydrogens (tertiary/aromatic N) is 2. The van der Waals surface area contributed by atoms with Crippen molar-refractivity contribution >= 4 is 11.8 Å². The minimum atomic E-state index is -0.679. The van der Waals surface area contributed by atoms with Crippen molar-refractivity contribution in [1.82, 2.24) is 14.8 Å². The topological polar surface area (TPSA) is 70.9 Å². The largest absolute Gasteiger partial charge is 0.389 e. The standard InChI is InChI=1S/C11H21N3O2S/c1-5-11(16,6-2)7-17-10-13-12-9(15)14(10)8(3)4/h8,16H,5-7H2,1-4H3,(H,12,15). The van der Waals surface area contributed by atoms with Crippen molar-refractivity contribution in [2.45, 2.75) is 57.3 Å². The number of aromatic amines is 1. The summed E-state index contributed by atoms with van der Waals surface area (Å²) in [7, 11) is 0. The second kappa shape index (κ2) is 5.73. The molecule has 0 unspecified atom stereocenters. The van der Waals surface area contributed by atoms with Gasteiger partial charge in [0.2, 0.25) is 0 Å². The van der Waals surface area contributed by atoms with Crippen molar-refractivity contribution in [3.8, 4) is 0 Å². The minimum Gasteiger partial charge on any atom is -0.389 e. The van der Waals surface area contributed by atoms with Gasteiger partial charge in [0.25, 0.3) is 0 Å². The molecule has 1 rings (SSSR count). The molecule has 5 nitrogen and oxygen atoms in total. The van der Waals surface area contributed by atoms with E-state index >= 15 is 0 Å². The summed E-state index contributed by atoms with van der Waals surface area (Å²) < 4.78 is 1.61. The van der Waals surface area contributed by atoms with Crippen LogP contribution in [0.3, 0.4) is 0 Å². The van der Waals surface area contributed by atoms with Crippen molar-refractivity contribution in [2.75, 3.05) is 5.75 Å². The smallest absolute Gasteiger partial charge is 0.344 e. The highest BCUT2D eigenvalue weighted by atomic mass is 32.2. The molecule has 0 saturated heterocycles. The molecular formula is C11H21N3O2S. The van der Waals surface area contributed by atoms with Gasteiger partial charge in [0, 0.05) is 11.8 Å². The van der Waals surface area contributed by atoms with E-state index < -0.39 is 5.60 Å². The number of aliphatic hydroxyl groups is 1. The Balaban J connectivity index is 2.80. The van der Waals surface area contributed by atoms with Gasteiger partial charge in [0.15, 0.2) is 5.16 Å². The lowest BCUT2D eigenvalue weighted by atomic mass is 10.0. The van der Waals surface area contributed by atoms with E-state index in [-0.39, 0.29) is 11.7 Å². The lowest BCUT2D eigenvalue weighted by Crippen LogP contribution is -2.30. The van der Waals surface area contributed by atoms with Gasteiger partial charge in [0.1, 0.15) is 0 Å². The second-order valence-corrected chi connectivity index (χ2v) is 5.44. The van der Waals surface area contributed by atoms with Crippen LogP contribution in [0.5, 0.6) is 0 Å². The fraction of sp³-hybridized carbons (Fsp3) is 0.818. The van der Waals surface area contributed by atoms with E-state index in [0.717, 1.165) is 0 Å². The quantitative estimate of drug-likeness (QED) is 0.764. The minimum absolute atomic E-state index is 0.0695. The van der Waals surface area contributed by atoms with Gasteiger partial charge in [0.05, 0.1) is 5.60 Å². The summed E-state index contributed by atoms with van der Waals surface area (Å²) in [6, 6.07) is 0.0695. The maximum absolute atomic E-state index is 11.5. The van der Waals surface area contributed by atoms with Crippen molar-refractivity contribution in [2.24, 2.45) is 0 Å². The van der Waals surface area contributed by atoms with Crippen molar-refractivity contribution in [3.63, 3.8) is 0 Å². The monoisotopic (exact) mass is 259 g/mol. The SMILES string of the molecule is CCC(O)(CC)CSc1n[nH]c(=O)n1C(C)C. The molecule has 6 heteroatoms. The molecule has 98 valence electrons. The zero-order valence-corrected chi connectivity index (χ0v) is 11.7. The summed E-state index contributed by atoms with van der Waals surface area (Å²) in [5, 5.41) is 17.3. The molecule has 0 saturated carbocycles. The lowest BCUT2D eigenvalue weighted by molar-refractivity contribution is 0.0571. The first-order valence-electron chi connectivity index (χ1n) is 5.95. The van der Waals surface area contributed by atoms with E-state index in [0.29, 0.717) is 23.8 Å². The third-order valence-corrected chi connectivity index (χ3v) is 4.20. The zero-order chi connectivity index (χ0) is 13.1. The molecule has 2 N–H and O–H groups in total. The molecule has 0 aliphatic rings. The Kier molecular flexibility index (Phi) is 4.82. The second-order valence-electron chi connectivity index (χ2n) is 4.50. The molecule has 0 radical (unpaired) electrons. The van der Waals surface area contributed by atoms with Gasteiger partial charge in [-0.2, -0.15) is 0 Å². The van der Waals surface area contributed by atoms with Crippen LogP contribution in [-0.4, -0.2) is 31.2 Å². The summed E-state index contributed by atoms with van der Waals surface area (Å²) in [5.41, 5.74) is -0.874. The third kappa shape index (κ3) is 3.35. The Bertz CT molecular complexity index is 407. The summed E-state index contributed by atoms with van der Waals surface area (Å²) >= 11 is 1.42. The zero-order valence-electron chi connectivity index (χ0n) is 10.9. The Morgan fingerprint density at radius 3 is 2.53 bits per heavy atom. The summed E-state index contributed by atoms with van der Waals surface area (Å²) in [6.45, 7) is 7.80. The molecule has 17 heavy (non-hydrogen) atoms. The van der Waals surface area contributed by atoms with Gasteiger partial charge >= 0.3 is 5.69 Å². The van der Waals surface area contributed by atoms with E-state index in [1.54, 1.807) is 4.57 Å². The third-order valence-electron chi connectivity index (χ3n) is 2.97. The van der Waals surface area contributed by atoms with Crippen LogP contribution in [0.4, 0.5) is 0 Å². The fourth-order valence-corrected chi connectivity index (χ4v) is 2.85. The molecule has 0 aliphatic carbocycles. The fourth-order valence-electron chi connectivity index (χ4n) is 1.50. The first-order valence-corrected chi connectivity index (χ1v) is 6.94. The van der Waals surface area contributed by atoms with E-state index in [1.807, 2.05) is 27.7 Å². The number of hydrogen-bond donors (Lipinski definition) is 2. The molecule has 0 atom stereocenters. The van der Waals surface area contributed by atoms with Gasteiger partial charge in [-0.15, -0.1) is 5.10 Å². The van der Waals surface area contributed by atoms with Gasteiger partial charge in [-0.3, -0.25) is 4.57 Å². The number of nitrogens with one attached hydrogen (secondary N) is 1. The summed E-state index contributed by atoms with van der Waals surface area (Å²) in [5.74, 6) is 0.553. The molecule has 0 aliphatic heterocycles. The average molecular weight is 259 g/mol. The molecule has 0 fully saturated rings. The van der Waals surface area contributed by atoms with Gasteiger partial charge in [-0.05, 0) is 26.7 Å². The van der Waals surface area contributed by atoms with Crippen molar-refractivity contribution < 1.29 is 5.11 Å². The molecule has 1 heterocycles. The normalized spacial score (nSPS) is 12.4. The van der Waals surface area contributed by atoms with Crippen LogP contribution in [0, 0.1) is 0 Å². The number of aromatic nitrogens is 3. The average Bonchev–Trinajstić information content (AvgIpc) is 2.67. The Morgan fingerprint density at radius 2 is 2.06 bits per heavy atom. The number of rotatable bonds is 6. The van der Waals surface area contributed by atoms with Crippen molar-refractivity contribution in [3.05, 3.63) is 10.5 Å². The number of thioether (sulfide) groups is 1. The first-order chi connectivity index (χ1) is 7.93. The van der Waals surface area contributed by atoms with Crippen LogP contribution in [-0.2, 0) is 0 Å². The van der Waals surface area contributed by atoms with Crippen LogP contribution in [0.25, 0.3) is 0 Å². The van der Waals surface area contributed by atoms with Gasteiger partial charge in [-0.1, -0.05) is 25.6 Å². The molecule has 0 spiro atoms. The van der Waals surface area contributed by atoms with Gasteiger partial charge < -0.3 is 5.11 Å². The number of H-pyrrole nitrogens is 1. The lowest BCUT2D eigenvalue weighted by Gasteiger charge is -2.24. The first kappa shape index (κ1) is 14.3. The molecule has 1 aromatic rings. The maximum Gasteiger partial charge on any atom is 0.344 e. The molecular weight excluding hydrogens is 238 g/mol.